The highest BCUT2D eigenvalue weighted by atomic mass is 35.5. The molecule has 2 aromatic rings. The molecule has 0 radical (unpaired) electrons. The van der Waals surface area contributed by atoms with Crippen LogP contribution < -0.4 is 10.6 Å². The summed E-state index contributed by atoms with van der Waals surface area (Å²) in [6.45, 7) is 3.36. The first kappa shape index (κ1) is 11.7. The van der Waals surface area contributed by atoms with Gasteiger partial charge in [-0.05, 0) is 19.1 Å². The highest BCUT2D eigenvalue weighted by Gasteiger charge is 2.14. The lowest BCUT2D eigenvalue weighted by Crippen LogP contribution is -2.24. The van der Waals surface area contributed by atoms with E-state index in [0.29, 0.717) is 18.1 Å². The first-order chi connectivity index (χ1) is 8.22. The van der Waals surface area contributed by atoms with E-state index >= 15 is 0 Å². The second kappa shape index (κ2) is 5.05. The Bertz CT molecular complexity index is 486. The van der Waals surface area contributed by atoms with Crippen molar-refractivity contribution in [1.29, 1.82) is 0 Å². The van der Waals surface area contributed by atoms with E-state index in [4.69, 9.17) is 21.8 Å². The molecule has 0 fully saturated rings. The quantitative estimate of drug-likeness (QED) is 0.846. The molecule has 2 aromatic heterocycles. The number of halogens is 1. The van der Waals surface area contributed by atoms with E-state index < -0.39 is 0 Å². The molecule has 0 bridgehead atoms. The second-order valence-corrected chi connectivity index (χ2v) is 3.85. The third-order valence-electron chi connectivity index (χ3n) is 2.42. The van der Waals surface area contributed by atoms with Gasteiger partial charge in [0.15, 0.2) is 11.0 Å². The van der Waals surface area contributed by atoms with Gasteiger partial charge in [0.2, 0.25) is 0 Å². The van der Waals surface area contributed by atoms with Gasteiger partial charge in [0.05, 0.1) is 12.8 Å². The first-order valence-corrected chi connectivity index (χ1v) is 5.63. The highest BCUT2D eigenvalue weighted by Crippen LogP contribution is 2.26. The van der Waals surface area contributed by atoms with Crippen LogP contribution in [0.25, 0.3) is 0 Å². The molecule has 90 valence electrons. The van der Waals surface area contributed by atoms with E-state index in [1.54, 1.807) is 6.26 Å². The number of hydrogen-bond acceptors (Lipinski definition) is 5. The number of anilines is 2. The predicted octanol–water partition coefficient (Wildman–Crippen LogP) is 2.33. The summed E-state index contributed by atoms with van der Waals surface area (Å²) in [5.74, 6) is 1.48. The molecular weight excluding hydrogens is 240 g/mol. The van der Waals surface area contributed by atoms with Crippen LogP contribution in [0.2, 0.25) is 5.15 Å². The maximum Gasteiger partial charge on any atom is 0.157 e. The van der Waals surface area contributed by atoms with Crippen LogP contribution in [0.5, 0.6) is 0 Å². The molecule has 0 saturated carbocycles. The van der Waals surface area contributed by atoms with E-state index in [1.807, 2.05) is 24.0 Å². The normalized spacial score (nSPS) is 10.5. The third-order valence-corrected chi connectivity index (χ3v) is 2.72. The van der Waals surface area contributed by atoms with Crippen LogP contribution in [0, 0.1) is 0 Å². The molecule has 2 N–H and O–H groups in total. The Kier molecular flexibility index (Phi) is 3.49. The van der Waals surface area contributed by atoms with Crippen molar-refractivity contribution in [2.45, 2.75) is 13.5 Å². The summed E-state index contributed by atoms with van der Waals surface area (Å²) in [5.41, 5.74) is 6.25. The van der Waals surface area contributed by atoms with Crippen LogP contribution in [0.1, 0.15) is 12.7 Å². The fourth-order valence-corrected chi connectivity index (χ4v) is 1.67. The minimum atomic E-state index is 0.271. The molecule has 0 aromatic carbocycles. The Balaban J connectivity index is 2.26. The number of nitrogen functional groups attached to an aromatic ring is 1. The fraction of sp³-hybridized carbons (Fsp3) is 0.273. The van der Waals surface area contributed by atoms with Gasteiger partial charge >= 0.3 is 0 Å². The third kappa shape index (κ3) is 2.50. The maximum absolute atomic E-state index is 5.87. The first-order valence-electron chi connectivity index (χ1n) is 5.25. The van der Waals surface area contributed by atoms with Gasteiger partial charge in [-0.3, -0.25) is 0 Å². The van der Waals surface area contributed by atoms with Gasteiger partial charge in [0, 0.05) is 6.54 Å². The van der Waals surface area contributed by atoms with Gasteiger partial charge in [-0.25, -0.2) is 9.97 Å². The molecule has 0 aliphatic rings. The Morgan fingerprint density at radius 3 is 2.94 bits per heavy atom. The smallest absolute Gasteiger partial charge is 0.157 e. The van der Waals surface area contributed by atoms with E-state index in [1.165, 1.54) is 6.33 Å². The summed E-state index contributed by atoms with van der Waals surface area (Å²) < 4.78 is 5.30. The van der Waals surface area contributed by atoms with Crippen LogP contribution in [0.3, 0.4) is 0 Å². The molecule has 0 amide bonds. The summed E-state index contributed by atoms with van der Waals surface area (Å²) in [7, 11) is 0. The van der Waals surface area contributed by atoms with Gasteiger partial charge in [-0.2, -0.15) is 0 Å². The molecule has 0 unspecified atom stereocenters. The molecule has 2 rings (SSSR count). The van der Waals surface area contributed by atoms with Crippen LogP contribution in [0.4, 0.5) is 11.5 Å². The lowest BCUT2D eigenvalue weighted by molar-refractivity contribution is 0.503. The van der Waals surface area contributed by atoms with Crippen molar-refractivity contribution in [3.05, 3.63) is 35.6 Å². The topological polar surface area (TPSA) is 68.2 Å². The standard InChI is InChI=1S/C11H13ClN4O/c1-2-16(6-8-4-3-5-17-8)11-9(13)10(12)14-7-15-11/h3-5,7H,2,6,13H2,1H3. The summed E-state index contributed by atoms with van der Waals surface area (Å²) >= 11 is 5.87. The van der Waals surface area contributed by atoms with Crippen molar-refractivity contribution in [3.63, 3.8) is 0 Å². The van der Waals surface area contributed by atoms with Crippen molar-refractivity contribution in [2.24, 2.45) is 0 Å². The zero-order chi connectivity index (χ0) is 12.3. The monoisotopic (exact) mass is 252 g/mol. The number of rotatable bonds is 4. The molecular formula is C11H13ClN4O. The van der Waals surface area contributed by atoms with Gasteiger partial charge in [-0.15, -0.1) is 0 Å². The SMILES string of the molecule is CCN(Cc1ccco1)c1ncnc(Cl)c1N. The van der Waals surface area contributed by atoms with Crippen molar-refractivity contribution in [3.8, 4) is 0 Å². The van der Waals surface area contributed by atoms with Gasteiger partial charge in [-0.1, -0.05) is 11.6 Å². The molecule has 0 atom stereocenters. The van der Waals surface area contributed by atoms with Crippen molar-refractivity contribution < 1.29 is 4.42 Å². The number of hydrogen-bond donors (Lipinski definition) is 1. The van der Waals surface area contributed by atoms with Crippen molar-refractivity contribution in [2.75, 3.05) is 17.2 Å². The van der Waals surface area contributed by atoms with Crippen LogP contribution in [0.15, 0.2) is 29.1 Å². The van der Waals surface area contributed by atoms with Crippen molar-refractivity contribution in [1.82, 2.24) is 9.97 Å². The number of furan rings is 1. The predicted molar refractivity (Wildman–Crippen MR) is 66.9 cm³/mol. The van der Waals surface area contributed by atoms with E-state index in [2.05, 4.69) is 9.97 Å². The van der Waals surface area contributed by atoms with E-state index in [9.17, 15) is 0 Å². The number of nitrogens with two attached hydrogens (primary N) is 1. The number of nitrogens with zero attached hydrogens (tertiary/aromatic N) is 3. The van der Waals surface area contributed by atoms with Crippen LogP contribution in [-0.4, -0.2) is 16.5 Å². The van der Waals surface area contributed by atoms with Crippen LogP contribution >= 0.6 is 11.6 Å². The molecule has 0 aliphatic heterocycles. The van der Waals surface area contributed by atoms with E-state index in [-0.39, 0.29) is 5.15 Å². The van der Waals surface area contributed by atoms with Gasteiger partial charge in [0.25, 0.3) is 0 Å². The zero-order valence-corrected chi connectivity index (χ0v) is 10.2. The average Bonchev–Trinajstić information content (AvgIpc) is 2.83. The average molecular weight is 253 g/mol. The molecule has 17 heavy (non-hydrogen) atoms. The second-order valence-electron chi connectivity index (χ2n) is 3.50. The molecule has 2 heterocycles. The van der Waals surface area contributed by atoms with Crippen LogP contribution in [-0.2, 0) is 6.54 Å². The summed E-state index contributed by atoms with van der Waals surface area (Å²) in [4.78, 5) is 9.96. The molecule has 0 spiro atoms. The Hall–Kier alpha value is -1.75. The Labute approximate surface area is 104 Å². The molecule has 0 aliphatic carbocycles. The van der Waals surface area contributed by atoms with Crippen molar-refractivity contribution >= 4 is 23.1 Å². The summed E-state index contributed by atoms with van der Waals surface area (Å²) in [5, 5.41) is 0.271. The van der Waals surface area contributed by atoms with Gasteiger partial charge < -0.3 is 15.1 Å². The molecule has 5 nitrogen and oxygen atoms in total. The Morgan fingerprint density at radius 1 is 1.47 bits per heavy atom. The Morgan fingerprint density at radius 2 is 2.29 bits per heavy atom. The molecule has 0 saturated heterocycles. The largest absolute Gasteiger partial charge is 0.467 e. The lowest BCUT2D eigenvalue weighted by Gasteiger charge is -2.22. The number of aromatic nitrogens is 2. The fourth-order valence-electron chi connectivity index (χ4n) is 1.54. The molecule has 6 heteroatoms. The minimum Gasteiger partial charge on any atom is -0.467 e. The zero-order valence-electron chi connectivity index (χ0n) is 9.43. The van der Waals surface area contributed by atoms with E-state index in [0.717, 1.165) is 12.3 Å². The minimum absolute atomic E-state index is 0.271. The maximum atomic E-state index is 5.87. The summed E-state index contributed by atoms with van der Waals surface area (Å²) in [6.07, 6.45) is 3.04. The van der Waals surface area contributed by atoms with Gasteiger partial charge in [0.1, 0.15) is 17.8 Å². The lowest BCUT2D eigenvalue weighted by atomic mass is 10.3. The summed E-state index contributed by atoms with van der Waals surface area (Å²) in [6, 6.07) is 3.75. The highest BCUT2D eigenvalue weighted by molar-refractivity contribution is 6.32.